The minimum Gasteiger partial charge on any atom is -0.388 e. The van der Waals surface area contributed by atoms with Gasteiger partial charge in [0.2, 0.25) is 11.8 Å². The predicted octanol–water partition coefficient (Wildman–Crippen LogP) is 1.66. The van der Waals surface area contributed by atoms with Crippen molar-refractivity contribution in [2.45, 2.75) is 37.8 Å². The standard InChI is InChI=1S/C16H21ClN2O3/c17-9-14(20)19(11-16(22)6-1-2-7-16)10-12-4-3-5-13(8-12)15(18)21/h3-5,8,22H,1-2,6-7,9-11H2,(H2,18,21). The van der Waals surface area contributed by atoms with Crippen LogP contribution in [0.3, 0.4) is 0 Å². The lowest BCUT2D eigenvalue weighted by molar-refractivity contribution is -0.132. The molecule has 0 radical (unpaired) electrons. The van der Waals surface area contributed by atoms with Gasteiger partial charge in [-0.15, -0.1) is 11.6 Å². The molecule has 0 spiro atoms. The molecule has 1 aliphatic carbocycles. The number of nitrogens with zero attached hydrogens (tertiary/aromatic N) is 1. The van der Waals surface area contributed by atoms with Crippen molar-refractivity contribution in [1.82, 2.24) is 4.90 Å². The Morgan fingerprint density at radius 1 is 1.32 bits per heavy atom. The van der Waals surface area contributed by atoms with Crippen LogP contribution in [-0.2, 0) is 11.3 Å². The van der Waals surface area contributed by atoms with Gasteiger partial charge < -0.3 is 15.7 Å². The Morgan fingerprint density at radius 3 is 2.59 bits per heavy atom. The molecule has 6 heteroatoms. The zero-order valence-corrected chi connectivity index (χ0v) is 13.2. The van der Waals surface area contributed by atoms with E-state index in [0.29, 0.717) is 24.9 Å². The van der Waals surface area contributed by atoms with Crippen LogP contribution in [0.1, 0.15) is 41.6 Å². The quantitative estimate of drug-likeness (QED) is 0.780. The molecule has 2 amide bonds. The second kappa shape index (κ2) is 7.11. The van der Waals surface area contributed by atoms with Gasteiger partial charge in [-0.2, -0.15) is 0 Å². The van der Waals surface area contributed by atoms with Crippen molar-refractivity contribution in [3.8, 4) is 0 Å². The van der Waals surface area contributed by atoms with Crippen LogP contribution in [0, 0.1) is 0 Å². The summed E-state index contributed by atoms with van der Waals surface area (Å²) in [5.74, 6) is -0.871. The molecular formula is C16H21ClN2O3. The van der Waals surface area contributed by atoms with Gasteiger partial charge in [0, 0.05) is 18.7 Å². The molecule has 5 nitrogen and oxygen atoms in total. The molecule has 0 saturated heterocycles. The molecule has 0 bridgehead atoms. The van der Waals surface area contributed by atoms with Crippen LogP contribution in [0.15, 0.2) is 24.3 Å². The Bertz CT molecular complexity index is 556. The van der Waals surface area contributed by atoms with Crippen LogP contribution in [0.5, 0.6) is 0 Å². The zero-order chi connectivity index (χ0) is 16.2. The Morgan fingerprint density at radius 2 is 2.00 bits per heavy atom. The van der Waals surface area contributed by atoms with Gasteiger partial charge >= 0.3 is 0 Å². The molecule has 1 fully saturated rings. The molecule has 120 valence electrons. The minimum absolute atomic E-state index is 0.133. The summed E-state index contributed by atoms with van der Waals surface area (Å²) in [7, 11) is 0. The molecular weight excluding hydrogens is 304 g/mol. The number of aliphatic hydroxyl groups is 1. The fraction of sp³-hybridized carbons (Fsp3) is 0.500. The van der Waals surface area contributed by atoms with Crippen LogP contribution >= 0.6 is 11.6 Å². The van der Waals surface area contributed by atoms with E-state index in [1.54, 1.807) is 23.1 Å². The number of alkyl halides is 1. The number of hydrogen-bond acceptors (Lipinski definition) is 3. The van der Waals surface area contributed by atoms with Crippen LogP contribution in [0.25, 0.3) is 0 Å². The van der Waals surface area contributed by atoms with Crippen LogP contribution in [-0.4, -0.2) is 39.8 Å². The first-order valence-corrected chi connectivity index (χ1v) is 7.92. The Kier molecular flexibility index (Phi) is 5.42. The van der Waals surface area contributed by atoms with Gasteiger partial charge in [-0.05, 0) is 30.5 Å². The number of carbonyl (C=O) groups is 2. The van der Waals surface area contributed by atoms with E-state index in [2.05, 4.69) is 0 Å². The van der Waals surface area contributed by atoms with E-state index < -0.39 is 11.5 Å². The Hall–Kier alpha value is -1.59. The van der Waals surface area contributed by atoms with E-state index in [-0.39, 0.29) is 18.3 Å². The molecule has 0 aromatic heterocycles. The van der Waals surface area contributed by atoms with Crippen molar-refractivity contribution in [3.05, 3.63) is 35.4 Å². The van der Waals surface area contributed by atoms with Crippen LogP contribution in [0.2, 0.25) is 0 Å². The average Bonchev–Trinajstić information content (AvgIpc) is 2.92. The Balaban J connectivity index is 2.14. The number of rotatable bonds is 6. The lowest BCUT2D eigenvalue weighted by atomic mass is 10.0. The third-order valence-corrected chi connectivity index (χ3v) is 4.30. The molecule has 1 saturated carbocycles. The fourth-order valence-corrected chi connectivity index (χ4v) is 3.08. The summed E-state index contributed by atoms with van der Waals surface area (Å²) in [4.78, 5) is 24.8. The van der Waals surface area contributed by atoms with E-state index in [1.165, 1.54) is 0 Å². The largest absolute Gasteiger partial charge is 0.388 e. The van der Waals surface area contributed by atoms with Crippen LogP contribution < -0.4 is 5.73 Å². The van der Waals surface area contributed by atoms with Crippen LogP contribution in [0.4, 0.5) is 0 Å². The fourth-order valence-electron chi connectivity index (χ4n) is 2.91. The molecule has 3 N–H and O–H groups in total. The van der Waals surface area contributed by atoms with Crippen molar-refractivity contribution in [3.63, 3.8) is 0 Å². The SMILES string of the molecule is NC(=O)c1cccc(CN(CC2(O)CCCC2)C(=O)CCl)c1. The highest BCUT2D eigenvalue weighted by atomic mass is 35.5. The number of benzene rings is 1. The number of carbonyl (C=O) groups excluding carboxylic acids is 2. The third kappa shape index (κ3) is 4.21. The molecule has 0 heterocycles. The summed E-state index contributed by atoms with van der Waals surface area (Å²) in [6.45, 7) is 0.564. The van der Waals surface area contributed by atoms with E-state index in [4.69, 9.17) is 17.3 Å². The minimum atomic E-state index is -0.830. The van der Waals surface area contributed by atoms with Gasteiger partial charge in [0.15, 0.2) is 0 Å². The van der Waals surface area contributed by atoms with Gasteiger partial charge in [0.25, 0.3) is 0 Å². The average molecular weight is 325 g/mol. The molecule has 1 aromatic rings. The van der Waals surface area contributed by atoms with E-state index in [9.17, 15) is 14.7 Å². The zero-order valence-electron chi connectivity index (χ0n) is 12.4. The van der Waals surface area contributed by atoms with Gasteiger partial charge in [-0.25, -0.2) is 0 Å². The number of hydrogen-bond donors (Lipinski definition) is 2. The topological polar surface area (TPSA) is 83.6 Å². The summed E-state index contributed by atoms with van der Waals surface area (Å²) in [6, 6.07) is 6.84. The highest BCUT2D eigenvalue weighted by Gasteiger charge is 2.34. The number of primary amides is 1. The van der Waals surface area contributed by atoms with E-state index >= 15 is 0 Å². The molecule has 0 atom stereocenters. The first-order chi connectivity index (χ1) is 10.4. The van der Waals surface area contributed by atoms with Crippen molar-refractivity contribution >= 4 is 23.4 Å². The molecule has 1 aromatic carbocycles. The first-order valence-electron chi connectivity index (χ1n) is 7.38. The number of nitrogens with two attached hydrogens (primary N) is 1. The van der Waals surface area contributed by atoms with Gasteiger partial charge in [0.05, 0.1) is 5.60 Å². The predicted molar refractivity (Wildman–Crippen MR) is 84.5 cm³/mol. The number of halogens is 1. The van der Waals surface area contributed by atoms with Crippen molar-refractivity contribution in [2.75, 3.05) is 12.4 Å². The molecule has 22 heavy (non-hydrogen) atoms. The molecule has 0 unspecified atom stereocenters. The lowest BCUT2D eigenvalue weighted by Gasteiger charge is -2.31. The number of amides is 2. The third-order valence-electron chi connectivity index (χ3n) is 4.07. The summed E-state index contributed by atoms with van der Waals surface area (Å²) >= 11 is 5.68. The molecule has 0 aliphatic heterocycles. The van der Waals surface area contributed by atoms with Crippen molar-refractivity contribution < 1.29 is 14.7 Å². The lowest BCUT2D eigenvalue weighted by Crippen LogP contribution is -2.44. The highest BCUT2D eigenvalue weighted by Crippen LogP contribution is 2.30. The first kappa shape index (κ1) is 16.8. The van der Waals surface area contributed by atoms with E-state index in [1.807, 2.05) is 6.07 Å². The monoisotopic (exact) mass is 324 g/mol. The summed E-state index contributed by atoms with van der Waals surface area (Å²) in [5, 5.41) is 10.5. The molecule has 2 rings (SSSR count). The summed E-state index contributed by atoms with van der Waals surface area (Å²) in [5.41, 5.74) is 5.63. The smallest absolute Gasteiger partial charge is 0.248 e. The van der Waals surface area contributed by atoms with Gasteiger partial charge in [0.1, 0.15) is 5.88 Å². The second-order valence-corrected chi connectivity index (χ2v) is 6.15. The maximum Gasteiger partial charge on any atom is 0.248 e. The maximum absolute atomic E-state index is 12.1. The maximum atomic E-state index is 12.1. The molecule has 1 aliphatic rings. The van der Waals surface area contributed by atoms with Gasteiger partial charge in [-0.1, -0.05) is 25.0 Å². The van der Waals surface area contributed by atoms with Crippen molar-refractivity contribution in [2.24, 2.45) is 5.73 Å². The summed E-state index contributed by atoms with van der Waals surface area (Å²) < 4.78 is 0. The summed E-state index contributed by atoms with van der Waals surface area (Å²) in [6.07, 6.45) is 3.33. The normalized spacial score (nSPS) is 16.5. The second-order valence-electron chi connectivity index (χ2n) is 5.88. The van der Waals surface area contributed by atoms with Gasteiger partial charge in [-0.3, -0.25) is 9.59 Å². The Labute approximate surface area is 135 Å². The highest BCUT2D eigenvalue weighted by molar-refractivity contribution is 6.27. The van der Waals surface area contributed by atoms with E-state index in [0.717, 1.165) is 18.4 Å². The van der Waals surface area contributed by atoms with Crippen molar-refractivity contribution in [1.29, 1.82) is 0 Å².